The first-order chi connectivity index (χ1) is 8.39. The molecular formula is C14H21N3O. The van der Waals surface area contributed by atoms with Crippen LogP contribution in [0.15, 0.2) is 35.5 Å². The van der Waals surface area contributed by atoms with Crippen molar-refractivity contribution >= 4 is 12.0 Å². The van der Waals surface area contributed by atoms with Crippen molar-refractivity contribution in [2.24, 2.45) is 16.6 Å². The lowest BCUT2D eigenvalue weighted by Gasteiger charge is -2.19. The van der Waals surface area contributed by atoms with E-state index in [1.54, 1.807) is 0 Å². The van der Waals surface area contributed by atoms with Crippen molar-refractivity contribution in [3.63, 3.8) is 0 Å². The second kappa shape index (κ2) is 6.10. The maximum Gasteiger partial charge on any atom is 0.228 e. The van der Waals surface area contributed by atoms with Crippen molar-refractivity contribution in [3.05, 3.63) is 41.5 Å². The van der Waals surface area contributed by atoms with Gasteiger partial charge in [0.2, 0.25) is 5.96 Å². The summed E-state index contributed by atoms with van der Waals surface area (Å²) in [6.07, 6.45) is 3.85. The van der Waals surface area contributed by atoms with Gasteiger partial charge in [-0.3, -0.25) is 0 Å². The number of benzene rings is 1. The standard InChI is InChI=1S/C14H21N3O/c1-14(2,3)12-8-4-6-11(10-12)7-5-9-18-17-13(15)16/h4-8,10H,9H2,1-3H3,(H4,15,16,17)/b7-5+. The molecule has 0 aromatic heterocycles. The molecule has 1 aromatic rings. The van der Waals surface area contributed by atoms with Crippen LogP contribution in [0.3, 0.4) is 0 Å². The molecule has 0 unspecified atom stereocenters. The van der Waals surface area contributed by atoms with Crippen LogP contribution in [-0.4, -0.2) is 12.6 Å². The Morgan fingerprint density at radius 3 is 2.67 bits per heavy atom. The Morgan fingerprint density at radius 1 is 1.33 bits per heavy atom. The minimum atomic E-state index is -0.0712. The average Bonchev–Trinajstić information content (AvgIpc) is 2.27. The van der Waals surface area contributed by atoms with E-state index in [9.17, 15) is 0 Å². The third-order valence-corrected chi connectivity index (χ3v) is 2.40. The molecule has 1 rings (SSSR count). The first kappa shape index (κ1) is 14.1. The van der Waals surface area contributed by atoms with E-state index in [2.05, 4.69) is 44.1 Å². The highest BCUT2D eigenvalue weighted by atomic mass is 16.6. The van der Waals surface area contributed by atoms with E-state index in [0.29, 0.717) is 6.61 Å². The van der Waals surface area contributed by atoms with E-state index < -0.39 is 0 Å². The van der Waals surface area contributed by atoms with Gasteiger partial charge in [0.05, 0.1) is 0 Å². The van der Waals surface area contributed by atoms with Crippen molar-refractivity contribution in [1.82, 2.24) is 0 Å². The Labute approximate surface area is 108 Å². The van der Waals surface area contributed by atoms with Gasteiger partial charge in [-0.05, 0) is 27.8 Å². The van der Waals surface area contributed by atoms with E-state index in [1.165, 1.54) is 5.56 Å². The molecule has 18 heavy (non-hydrogen) atoms. The van der Waals surface area contributed by atoms with Crippen LogP contribution in [0, 0.1) is 0 Å². The number of oxime groups is 1. The minimum Gasteiger partial charge on any atom is -0.389 e. The number of nitrogens with two attached hydrogens (primary N) is 2. The molecule has 4 N–H and O–H groups in total. The molecule has 4 heteroatoms. The average molecular weight is 247 g/mol. The third kappa shape index (κ3) is 4.91. The molecule has 0 radical (unpaired) electrons. The SMILES string of the molecule is CC(C)(C)c1cccc(/C=C/CON=C(N)N)c1. The fraction of sp³-hybridized carbons (Fsp3) is 0.357. The van der Waals surface area contributed by atoms with Gasteiger partial charge in [0.25, 0.3) is 0 Å². The Morgan fingerprint density at radius 2 is 2.06 bits per heavy atom. The van der Waals surface area contributed by atoms with Gasteiger partial charge in [-0.25, -0.2) is 0 Å². The van der Waals surface area contributed by atoms with Crippen molar-refractivity contribution < 1.29 is 4.84 Å². The molecule has 0 fully saturated rings. The summed E-state index contributed by atoms with van der Waals surface area (Å²) in [6.45, 7) is 6.92. The summed E-state index contributed by atoms with van der Waals surface area (Å²) in [5.41, 5.74) is 12.9. The van der Waals surface area contributed by atoms with E-state index in [0.717, 1.165) is 5.56 Å². The van der Waals surface area contributed by atoms with Gasteiger partial charge >= 0.3 is 0 Å². The first-order valence-corrected chi connectivity index (χ1v) is 5.87. The second-order valence-electron chi connectivity index (χ2n) is 5.09. The Hall–Kier alpha value is -1.97. The van der Waals surface area contributed by atoms with E-state index in [4.69, 9.17) is 16.3 Å². The number of nitrogens with zero attached hydrogens (tertiary/aromatic N) is 1. The van der Waals surface area contributed by atoms with Gasteiger partial charge in [0.1, 0.15) is 6.61 Å². The molecule has 4 nitrogen and oxygen atoms in total. The van der Waals surface area contributed by atoms with Crippen LogP contribution in [0.2, 0.25) is 0 Å². The van der Waals surface area contributed by atoms with Crippen molar-refractivity contribution in [3.8, 4) is 0 Å². The molecule has 0 aliphatic rings. The minimum absolute atomic E-state index is 0.0712. The lowest BCUT2D eigenvalue weighted by molar-refractivity contribution is 0.174. The zero-order valence-corrected chi connectivity index (χ0v) is 11.2. The molecule has 0 aliphatic heterocycles. The number of hydrogen-bond donors (Lipinski definition) is 2. The van der Waals surface area contributed by atoms with Crippen LogP contribution >= 0.6 is 0 Å². The quantitative estimate of drug-likeness (QED) is 0.371. The van der Waals surface area contributed by atoms with Crippen LogP contribution in [0.4, 0.5) is 0 Å². The van der Waals surface area contributed by atoms with Gasteiger partial charge in [-0.15, -0.1) is 0 Å². The molecule has 0 saturated carbocycles. The third-order valence-electron chi connectivity index (χ3n) is 2.40. The number of hydrogen-bond acceptors (Lipinski definition) is 2. The summed E-state index contributed by atoms with van der Waals surface area (Å²) < 4.78 is 0. The Kier molecular flexibility index (Phi) is 4.77. The maximum atomic E-state index is 5.13. The molecule has 0 saturated heterocycles. The van der Waals surface area contributed by atoms with Crippen molar-refractivity contribution in [2.45, 2.75) is 26.2 Å². The molecule has 0 atom stereocenters. The topological polar surface area (TPSA) is 73.6 Å². The summed E-state index contributed by atoms with van der Waals surface area (Å²) in [5, 5.41) is 3.43. The van der Waals surface area contributed by atoms with Gasteiger partial charge in [0.15, 0.2) is 0 Å². The van der Waals surface area contributed by atoms with E-state index in [1.807, 2.05) is 18.2 Å². The van der Waals surface area contributed by atoms with Crippen LogP contribution in [0.25, 0.3) is 6.08 Å². The van der Waals surface area contributed by atoms with E-state index in [-0.39, 0.29) is 11.4 Å². The van der Waals surface area contributed by atoms with Crippen LogP contribution in [0.5, 0.6) is 0 Å². The fourth-order valence-electron chi connectivity index (χ4n) is 1.45. The number of guanidine groups is 1. The molecule has 0 amide bonds. The summed E-state index contributed by atoms with van der Waals surface area (Å²) in [4.78, 5) is 4.87. The van der Waals surface area contributed by atoms with Gasteiger partial charge in [-0.1, -0.05) is 51.1 Å². The van der Waals surface area contributed by atoms with Gasteiger partial charge in [-0.2, -0.15) is 0 Å². The monoisotopic (exact) mass is 247 g/mol. The van der Waals surface area contributed by atoms with Gasteiger partial charge in [0, 0.05) is 0 Å². The van der Waals surface area contributed by atoms with Crippen molar-refractivity contribution in [2.75, 3.05) is 6.61 Å². The highest BCUT2D eigenvalue weighted by molar-refractivity contribution is 5.74. The zero-order valence-electron chi connectivity index (χ0n) is 11.2. The zero-order chi connectivity index (χ0) is 13.6. The normalized spacial score (nSPS) is 11.5. The van der Waals surface area contributed by atoms with E-state index >= 15 is 0 Å². The smallest absolute Gasteiger partial charge is 0.228 e. The largest absolute Gasteiger partial charge is 0.389 e. The Balaban J connectivity index is 2.63. The van der Waals surface area contributed by atoms with Crippen LogP contribution in [0.1, 0.15) is 31.9 Å². The summed E-state index contributed by atoms with van der Waals surface area (Å²) in [7, 11) is 0. The second-order valence-corrected chi connectivity index (χ2v) is 5.09. The fourth-order valence-corrected chi connectivity index (χ4v) is 1.45. The van der Waals surface area contributed by atoms with Gasteiger partial charge < -0.3 is 16.3 Å². The Bertz CT molecular complexity index is 441. The lowest BCUT2D eigenvalue weighted by atomic mass is 9.86. The number of rotatable bonds is 4. The molecule has 0 heterocycles. The predicted molar refractivity (Wildman–Crippen MR) is 75.9 cm³/mol. The van der Waals surface area contributed by atoms with Crippen molar-refractivity contribution in [1.29, 1.82) is 0 Å². The summed E-state index contributed by atoms with van der Waals surface area (Å²) in [6, 6.07) is 8.40. The highest BCUT2D eigenvalue weighted by Gasteiger charge is 2.12. The molecule has 98 valence electrons. The lowest BCUT2D eigenvalue weighted by Crippen LogP contribution is -2.22. The molecular weight excluding hydrogens is 226 g/mol. The maximum absolute atomic E-state index is 5.13. The summed E-state index contributed by atoms with van der Waals surface area (Å²) in [5.74, 6) is -0.0712. The molecule has 0 bridgehead atoms. The molecule has 0 aliphatic carbocycles. The molecule has 1 aromatic carbocycles. The van der Waals surface area contributed by atoms with Crippen LogP contribution < -0.4 is 11.5 Å². The summed E-state index contributed by atoms with van der Waals surface area (Å²) >= 11 is 0. The highest BCUT2D eigenvalue weighted by Crippen LogP contribution is 2.23. The van der Waals surface area contributed by atoms with Crippen LogP contribution in [-0.2, 0) is 10.3 Å². The first-order valence-electron chi connectivity index (χ1n) is 5.87. The molecule has 0 spiro atoms. The predicted octanol–water partition coefficient (Wildman–Crippen LogP) is 2.20.